The molecule has 1 atom stereocenters. The zero-order valence-corrected chi connectivity index (χ0v) is 6.83. The highest BCUT2D eigenvalue weighted by Gasteiger charge is 2.19. The molecule has 0 amide bonds. The number of allylic oxidation sites excluding steroid dienone is 1. The Kier molecular flexibility index (Phi) is 2.24. The Morgan fingerprint density at radius 2 is 2.09 bits per heavy atom. The van der Waals surface area contributed by atoms with Gasteiger partial charge in [-0.1, -0.05) is 12.2 Å². The van der Waals surface area contributed by atoms with Gasteiger partial charge in [0.25, 0.3) is 0 Å². The fourth-order valence-corrected chi connectivity index (χ4v) is 1.83. The lowest BCUT2D eigenvalue weighted by Gasteiger charge is -2.31. The van der Waals surface area contributed by atoms with Crippen molar-refractivity contribution < 1.29 is 4.74 Å². The van der Waals surface area contributed by atoms with E-state index in [2.05, 4.69) is 17.1 Å². The van der Waals surface area contributed by atoms with Crippen molar-refractivity contribution in [3.05, 3.63) is 12.2 Å². The van der Waals surface area contributed by atoms with Crippen molar-refractivity contribution in [1.29, 1.82) is 0 Å². The Labute approximate surface area is 67.8 Å². The van der Waals surface area contributed by atoms with Gasteiger partial charge >= 0.3 is 0 Å². The van der Waals surface area contributed by atoms with Crippen molar-refractivity contribution >= 4 is 0 Å². The standard InChI is InChI=1S/C9H15NO/c1-2-4-9(3-1)10-5-7-11-8-6-10/h1,3,9H,2,4-8H2/t9-/m0/s1. The SMILES string of the molecule is C1=C[C@H](N2CCOCC2)CC1. The highest BCUT2D eigenvalue weighted by Crippen LogP contribution is 2.16. The largest absolute Gasteiger partial charge is 0.379 e. The normalized spacial score (nSPS) is 32.9. The maximum absolute atomic E-state index is 5.29. The lowest BCUT2D eigenvalue weighted by atomic mass is 10.2. The monoisotopic (exact) mass is 153 g/mol. The Hall–Kier alpha value is -0.340. The first-order chi connectivity index (χ1) is 5.47. The zero-order chi connectivity index (χ0) is 7.52. The van der Waals surface area contributed by atoms with Crippen LogP contribution in [0.15, 0.2) is 12.2 Å². The van der Waals surface area contributed by atoms with Crippen molar-refractivity contribution in [2.24, 2.45) is 0 Å². The van der Waals surface area contributed by atoms with Gasteiger partial charge in [-0.05, 0) is 12.8 Å². The Morgan fingerprint density at radius 1 is 1.27 bits per heavy atom. The van der Waals surface area contributed by atoms with E-state index in [4.69, 9.17) is 4.74 Å². The first-order valence-corrected chi connectivity index (χ1v) is 4.45. The summed E-state index contributed by atoms with van der Waals surface area (Å²) >= 11 is 0. The van der Waals surface area contributed by atoms with Crippen LogP contribution in [0.2, 0.25) is 0 Å². The minimum Gasteiger partial charge on any atom is -0.379 e. The maximum Gasteiger partial charge on any atom is 0.0594 e. The first-order valence-electron chi connectivity index (χ1n) is 4.45. The van der Waals surface area contributed by atoms with Crippen LogP contribution in [0.4, 0.5) is 0 Å². The lowest BCUT2D eigenvalue weighted by Crippen LogP contribution is -2.41. The van der Waals surface area contributed by atoms with Gasteiger partial charge < -0.3 is 4.74 Å². The fraction of sp³-hybridized carbons (Fsp3) is 0.778. The smallest absolute Gasteiger partial charge is 0.0594 e. The molecule has 1 saturated heterocycles. The van der Waals surface area contributed by atoms with E-state index in [9.17, 15) is 0 Å². The van der Waals surface area contributed by atoms with Crippen LogP contribution < -0.4 is 0 Å². The van der Waals surface area contributed by atoms with E-state index >= 15 is 0 Å². The molecule has 2 heteroatoms. The molecule has 0 aromatic heterocycles. The maximum atomic E-state index is 5.29. The summed E-state index contributed by atoms with van der Waals surface area (Å²) in [7, 11) is 0. The van der Waals surface area contributed by atoms with Crippen molar-refractivity contribution in [2.45, 2.75) is 18.9 Å². The number of rotatable bonds is 1. The second-order valence-electron chi connectivity index (χ2n) is 3.22. The third-order valence-corrected chi connectivity index (χ3v) is 2.50. The van der Waals surface area contributed by atoms with Crippen LogP contribution in [0.3, 0.4) is 0 Å². The fourth-order valence-electron chi connectivity index (χ4n) is 1.83. The van der Waals surface area contributed by atoms with Gasteiger partial charge in [0, 0.05) is 19.1 Å². The van der Waals surface area contributed by atoms with Crippen LogP contribution in [0.5, 0.6) is 0 Å². The van der Waals surface area contributed by atoms with Crippen LogP contribution >= 0.6 is 0 Å². The summed E-state index contributed by atoms with van der Waals surface area (Å²) in [5.74, 6) is 0. The summed E-state index contributed by atoms with van der Waals surface area (Å²) in [6, 6.07) is 0.721. The van der Waals surface area contributed by atoms with Crippen LogP contribution in [0.25, 0.3) is 0 Å². The number of ether oxygens (including phenoxy) is 1. The van der Waals surface area contributed by atoms with E-state index in [0.29, 0.717) is 0 Å². The van der Waals surface area contributed by atoms with Gasteiger partial charge in [0.05, 0.1) is 13.2 Å². The van der Waals surface area contributed by atoms with Gasteiger partial charge in [-0.3, -0.25) is 4.90 Å². The summed E-state index contributed by atoms with van der Waals surface area (Å²) in [5.41, 5.74) is 0. The van der Waals surface area contributed by atoms with E-state index in [-0.39, 0.29) is 0 Å². The molecule has 1 aliphatic heterocycles. The predicted octanol–water partition coefficient (Wildman–Crippen LogP) is 1.04. The van der Waals surface area contributed by atoms with Crippen LogP contribution in [0.1, 0.15) is 12.8 Å². The van der Waals surface area contributed by atoms with Gasteiger partial charge in [-0.25, -0.2) is 0 Å². The molecule has 2 rings (SSSR count). The summed E-state index contributed by atoms with van der Waals surface area (Å²) in [6.45, 7) is 4.08. The van der Waals surface area contributed by atoms with Gasteiger partial charge in [0.1, 0.15) is 0 Å². The molecule has 0 unspecified atom stereocenters. The molecule has 0 radical (unpaired) electrons. The number of hydrogen-bond donors (Lipinski definition) is 0. The minimum absolute atomic E-state index is 0.721. The quantitative estimate of drug-likeness (QED) is 0.522. The molecule has 1 heterocycles. The lowest BCUT2D eigenvalue weighted by molar-refractivity contribution is 0.0257. The molecule has 62 valence electrons. The van der Waals surface area contributed by atoms with Gasteiger partial charge in [0.15, 0.2) is 0 Å². The second-order valence-corrected chi connectivity index (χ2v) is 3.22. The van der Waals surface area contributed by atoms with E-state index < -0.39 is 0 Å². The third-order valence-electron chi connectivity index (χ3n) is 2.50. The molecule has 0 aromatic carbocycles. The Bertz CT molecular complexity index is 150. The summed E-state index contributed by atoms with van der Waals surface area (Å²) in [5, 5.41) is 0. The van der Waals surface area contributed by atoms with Crippen LogP contribution in [0, 0.1) is 0 Å². The van der Waals surface area contributed by atoms with Crippen molar-refractivity contribution in [3.8, 4) is 0 Å². The molecule has 1 fully saturated rings. The first kappa shape index (κ1) is 7.32. The molecule has 2 nitrogen and oxygen atoms in total. The molecule has 1 aliphatic carbocycles. The van der Waals surface area contributed by atoms with Crippen molar-refractivity contribution in [3.63, 3.8) is 0 Å². The second kappa shape index (κ2) is 3.37. The Balaban J connectivity index is 1.87. The zero-order valence-electron chi connectivity index (χ0n) is 6.83. The summed E-state index contributed by atoms with van der Waals surface area (Å²) in [6.07, 6.45) is 7.22. The van der Waals surface area contributed by atoms with E-state index in [1.165, 1.54) is 12.8 Å². The molecular weight excluding hydrogens is 138 g/mol. The summed E-state index contributed by atoms with van der Waals surface area (Å²) in [4.78, 5) is 2.52. The molecule has 0 saturated carbocycles. The highest BCUT2D eigenvalue weighted by atomic mass is 16.5. The van der Waals surface area contributed by atoms with Gasteiger partial charge in [-0.15, -0.1) is 0 Å². The summed E-state index contributed by atoms with van der Waals surface area (Å²) < 4.78 is 5.29. The van der Waals surface area contributed by atoms with Crippen LogP contribution in [-0.4, -0.2) is 37.2 Å². The molecule has 2 aliphatic rings. The van der Waals surface area contributed by atoms with Gasteiger partial charge in [0.2, 0.25) is 0 Å². The van der Waals surface area contributed by atoms with E-state index in [0.717, 1.165) is 32.3 Å². The Morgan fingerprint density at radius 3 is 2.73 bits per heavy atom. The predicted molar refractivity (Wildman–Crippen MR) is 44.6 cm³/mol. The number of hydrogen-bond acceptors (Lipinski definition) is 2. The average molecular weight is 153 g/mol. The van der Waals surface area contributed by atoms with Gasteiger partial charge in [-0.2, -0.15) is 0 Å². The molecule has 0 N–H and O–H groups in total. The molecule has 0 spiro atoms. The molecule has 0 bridgehead atoms. The van der Waals surface area contributed by atoms with Crippen molar-refractivity contribution in [2.75, 3.05) is 26.3 Å². The van der Waals surface area contributed by atoms with E-state index in [1.807, 2.05) is 0 Å². The molecular formula is C9H15NO. The van der Waals surface area contributed by atoms with Crippen LogP contribution in [-0.2, 0) is 4.74 Å². The van der Waals surface area contributed by atoms with Crippen molar-refractivity contribution in [1.82, 2.24) is 4.90 Å². The topological polar surface area (TPSA) is 12.5 Å². The molecule has 11 heavy (non-hydrogen) atoms. The third kappa shape index (κ3) is 1.63. The molecule has 0 aromatic rings. The number of nitrogens with zero attached hydrogens (tertiary/aromatic N) is 1. The van der Waals surface area contributed by atoms with E-state index in [1.54, 1.807) is 0 Å². The average Bonchev–Trinajstić information content (AvgIpc) is 2.58. The highest BCUT2D eigenvalue weighted by molar-refractivity contribution is 5.02. The minimum atomic E-state index is 0.721. The number of morpholine rings is 1.